The van der Waals surface area contributed by atoms with E-state index < -0.39 is 5.54 Å². The second-order valence-electron chi connectivity index (χ2n) is 12.1. The van der Waals surface area contributed by atoms with Crippen LogP contribution in [0.15, 0.2) is 60.7 Å². The summed E-state index contributed by atoms with van der Waals surface area (Å²) in [7, 11) is 0. The van der Waals surface area contributed by atoms with Gasteiger partial charge in [-0.2, -0.15) is 0 Å². The summed E-state index contributed by atoms with van der Waals surface area (Å²) >= 11 is 0. The summed E-state index contributed by atoms with van der Waals surface area (Å²) in [6.07, 6.45) is 9.17. The molecule has 3 saturated heterocycles. The molecule has 0 unspecified atom stereocenters. The van der Waals surface area contributed by atoms with Gasteiger partial charge in [-0.15, -0.1) is 0 Å². The minimum absolute atomic E-state index is 0.0312. The minimum Gasteiger partial charge on any atom is -0.342 e. The molecule has 3 aliphatic heterocycles. The van der Waals surface area contributed by atoms with Crippen molar-refractivity contribution in [3.63, 3.8) is 0 Å². The predicted molar refractivity (Wildman–Crippen MR) is 162 cm³/mol. The van der Waals surface area contributed by atoms with E-state index in [-0.39, 0.29) is 24.3 Å². The first-order valence-corrected chi connectivity index (χ1v) is 15.7. The highest BCUT2D eigenvalue weighted by molar-refractivity contribution is 5.96. The second kappa shape index (κ2) is 13.5. The largest absolute Gasteiger partial charge is 0.342 e. The molecule has 0 radical (unpaired) electrons. The Morgan fingerprint density at radius 2 is 1.44 bits per heavy atom. The standard InChI is InChI=1S/C34H46N4O3/c1-2-3-4-11-16-31(39)36-23-19-34(20-24-36)33(41)37(27-38(34)30-14-9-6-10-15-30)26-32(40)35-21-17-29(18-22-35)25-28-12-7-5-8-13-28/h5-10,12-15,29H,2-4,11,16-27H2,1H3. The smallest absolute Gasteiger partial charge is 0.250 e. The highest BCUT2D eigenvalue weighted by Gasteiger charge is 2.54. The quantitative estimate of drug-likeness (QED) is 0.381. The van der Waals surface area contributed by atoms with Crippen LogP contribution in [0.25, 0.3) is 0 Å². The van der Waals surface area contributed by atoms with Crippen LogP contribution in [0.5, 0.6) is 0 Å². The van der Waals surface area contributed by atoms with Gasteiger partial charge in [-0.1, -0.05) is 74.7 Å². The Kier molecular flexibility index (Phi) is 9.63. The van der Waals surface area contributed by atoms with Crippen LogP contribution in [-0.2, 0) is 20.8 Å². The summed E-state index contributed by atoms with van der Waals surface area (Å²) in [5, 5.41) is 0. The number of carbonyl (C=O) groups is 3. The van der Waals surface area contributed by atoms with Gasteiger partial charge in [0.15, 0.2) is 0 Å². The zero-order chi connectivity index (χ0) is 28.7. The lowest BCUT2D eigenvalue weighted by atomic mass is 9.85. The molecule has 41 heavy (non-hydrogen) atoms. The van der Waals surface area contributed by atoms with E-state index in [0.29, 0.717) is 44.9 Å². The molecule has 7 nitrogen and oxygen atoms in total. The molecule has 2 aromatic rings. The van der Waals surface area contributed by atoms with E-state index in [1.807, 2.05) is 46.2 Å². The summed E-state index contributed by atoms with van der Waals surface area (Å²) < 4.78 is 0. The number of para-hydroxylation sites is 1. The van der Waals surface area contributed by atoms with Gasteiger partial charge in [0.1, 0.15) is 12.1 Å². The zero-order valence-corrected chi connectivity index (χ0v) is 24.7. The van der Waals surface area contributed by atoms with Crippen LogP contribution < -0.4 is 4.90 Å². The molecule has 0 saturated carbocycles. The third-order valence-corrected chi connectivity index (χ3v) is 9.43. The maximum Gasteiger partial charge on any atom is 0.250 e. The van der Waals surface area contributed by atoms with Gasteiger partial charge in [-0.05, 0) is 62.1 Å². The third kappa shape index (κ3) is 6.77. The van der Waals surface area contributed by atoms with Gasteiger partial charge in [0.2, 0.25) is 11.8 Å². The predicted octanol–water partition coefficient (Wildman–Crippen LogP) is 5.11. The highest BCUT2D eigenvalue weighted by atomic mass is 16.2. The Labute approximate surface area is 245 Å². The highest BCUT2D eigenvalue weighted by Crippen LogP contribution is 2.39. The number of piperidine rings is 2. The summed E-state index contributed by atoms with van der Waals surface area (Å²) in [6.45, 7) is 5.37. The Morgan fingerprint density at radius 1 is 0.805 bits per heavy atom. The van der Waals surface area contributed by atoms with E-state index in [0.717, 1.165) is 63.7 Å². The molecule has 220 valence electrons. The normalized spacial score (nSPS) is 19.3. The molecule has 3 heterocycles. The average molecular weight is 559 g/mol. The number of nitrogens with zero attached hydrogens (tertiary/aromatic N) is 4. The number of hydrogen-bond donors (Lipinski definition) is 0. The number of unbranched alkanes of at least 4 members (excludes halogenated alkanes) is 3. The van der Waals surface area contributed by atoms with Gasteiger partial charge in [0, 0.05) is 38.3 Å². The molecule has 3 amide bonds. The molecule has 0 N–H and O–H groups in total. The van der Waals surface area contributed by atoms with Crippen molar-refractivity contribution in [2.24, 2.45) is 5.92 Å². The fourth-order valence-electron chi connectivity index (χ4n) is 6.91. The first kappa shape index (κ1) is 29.2. The molecule has 2 aromatic carbocycles. The van der Waals surface area contributed by atoms with Crippen molar-refractivity contribution in [1.82, 2.24) is 14.7 Å². The number of hydrogen-bond acceptors (Lipinski definition) is 4. The van der Waals surface area contributed by atoms with Gasteiger partial charge in [-0.3, -0.25) is 14.4 Å². The Hall–Kier alpha value is -3.35. The molecule has 5 rings (SSSR count). The van der Waals surface area contributed by atoms with Crippen LogP contribution >= 0.6 is 0 Å². The number of rotatable bonds is 10. The van der Waals surface area contributed by atoms with E-state index in [9.17, 15) is 14.4 Å². The van der Waals surface area contributed by atoms with Crippen LogP contribution in [0, 0.1) is 5.92 Å². The molecule has 7 heteroatoms. The molecule has 0 aromatic heterocycles. The Bertz CT molecular complexity index is 1160. The molecule has 3 fully saturated rings. The summed E-state index contributed by atoms with van der Waals surface area (Å²) in [5.74, 6) is 0.867. The summed E-state index contributed by atoms with van der Waals surface area (Å²) in [4.78, 5) is 48.2. The van der Waals surface area contributed by atoms with Crippen molar-refractivity contribution >= 4 is 23.4 Å². The molecule has 1 spiro atoms. The number of carbonyl (C=O) groups excluding carboxylic acids is 3. The molecule has 0 aliphatic carbocycles. The van der Waals surface area contributed by atoms with E-state index in [4.69, 9.17) is 0 Å². The van der Waals surface area contributed by atoms with Crippen molar-refractivity contribution in [1.29, 1.82) is 0 Å². The van der Waals surface area contributed by atoms with Crippen LogP contribution in [0.2, 0.25) is 0 Å². The van der Waals surface area contributed by atoms with Crippen molar-refractivity contribution in [3.05, 3.63) is 66.2 Å². The average Bonchev–Trinajstić information content (AvgIpc) is 3.27. The lowest BCUT2D eigenvalue weighted by Gasteiger charge is -2.43. The maximum absolute atomic E-state index is 14.1. The zero-order valence-electron chi connectivity index (χ0n) is 24.7. The molecule has 3 aliphatic rings. The van der Waals surface area contributed by atoms with Crippen molar-refractivity contribution in [2.75, 3.05) is 44.3 Å². The third-order valence-electron chi connectivity index (χ3n) is 9.43. The van der Waals surface area contributed by atoms with Gasteiger partial charge in [0.05, 0.1) is 6.67 Å². The number of amides is 3. The molecule has 0 bridgehead atoms. The molecule has 0 atom stereocenters. The lowest BCUT2D eigenvalue weighted by Crippen LogP contribution is -2.57. The van der Waals surface area contributed by atoms with Gasteiger partial charge >= 0.3 is 0 Å². The van der Waals surface area contributed by atoms with Crippen LogP contribution in [0.3, 0.4) is 0 Å². The van der Waals surface area contributed by atoms with E-state index in [1.54, 1.807) is 4.90 Å². The SMILES string of the molecule is CCCCCCC(=O)N1CCC2(CC1)C(=O)N(CC(=O)N1CCC(Cc3ccccc3)CC1)CN2c1ccccc1. The fourth-order valence-corrected chi connectivity index (χ4v) is 6.91. The van der Waals surface area contributed by atoms with Crippen LogP contribution in [0.1, 0.15) is 70.3 Å². The van der Waals surface area contributed by atoms with Gasteiger partial charge in [0.25, 0.3) is 5.91 Å². The lowest BCUT2D eigenvalue weighted by molar-refractivity contribution is -0.142. The Morgan fingerprint density at radius 3 is 2.10 bits per heavy atom. The van der Waals surface area contributed by atoms with E-state index in [1.165, 1.54) is 5.56 Å². The topological polar surface area (TPSA) is 64.2 Å². The van der Waals surface area contributed by atoms with Crippen molar-refractivity contribution < 1.29 is 14.4 Å². The fraction of sp³-hybridized carbons (Fsp3) is 0.559. The molecular weight excluding hydrogens is 512 g/mol. The van der Waals surface area contributed by atoms with E-state index >= 15 is 0 Å². The first-order valence-electron chi connectivity index (χ1n) is 15.7. The van der Waals surface area contributed by atoms with Crippen LogP contribution in [-0.4, -0.2) is 77.4 Å². The van der Waals surface area contributed by atoms with E-state index in [2.05, 4.69) is 36.1 Å². The van der Waals surface area contributed by atoms with Gasteiger partial charge < -0.3 is 19.6 Å². The van der Waals surface area contributed by atoms with Crippen molar-refractivity contribution in [3.8, 4) is 0 Å². The van der Waals surface area contributed by atoms with Crippen molar-refractivity contribution in [2.45, 2.75) is 76.7 Å². The summed E-state index contributed by atoms with van der Waals surface area (Å²) in [6, 6.07) is 20.6. The first-order chi connectivity index (χ1) is 20.0. The Balaban J connectivity index is 1.20. The number of anilines is 1. The van der Waals surface area contributed by atoms with Gasteiger partial charge in [-0.25, -0.2) is 0 Å². The summed E-state index contributed by atoms with van der Waals surface area (Å²) in [5.41, 5.74) is 1.65. The maximum atomic E-state index is 14.1. The minimum atomic E-state index is -0.705. The van der Waals surface area contributed by atoms with Crippen LogP contribution in [0.4, 0.5) is 5.69 Å². The monoisotopic (exact) mass is 558 g/mol. The number of benzene rings is 2. The number of likely N-dealkylation sites (tertiary alicyclic amines) is 2. The molecular formula is C34H46N4O3. The second-order valence-corrected chi connectivity index (χ2v) is 12.1.